The SMILES string of the molecule is CCOC(=N)c1cc(C)nc2ccccc12. The van der Waals surface area contributed by atoms with E-state index < -0.39 is 0 Å². The lowest BCUT2D eigenvalue weighted by atomic mass is 10.1. The summed E-state index contributed by atoms with van der Waals surface area (Å²) < 4.78 is 5.25. The summed E-state index contributed by atoms with van der Waals surface area (Å²) >= 11 is 0. The quantitative estimate of drug-likeness (QED) is 0.617. The van der Waals surface area contributed by atoms with Gasteiger partial charge in [-0.25, -0.2) is 0 Å². The van der Waals surface area contributed by atoms with Crippen molar-refractivity contribution in [3.8, 4) is 0 Å². The fourth-order valence-electron chi connectivity index (χ4n) is 1.72. The number of nitrogens with one attached hydrogen (secondary N) is 1. The van der Waals surface area contributed by atoms with E-state index in [4.69, 9.17) is 10.1 Å². The van der Waals surface area contributed by atoms with Crippen molar-refractivity contribution in [3.63, 3.8) is 0 Å². The van der Waals surface area contributed by atoms with Crippen molar-refractivity contribution in [2.45, 2.75) is 13.8 Å². The molecule has 1 aromatic carbocycles. The summed E-state index contributed by atoms with van der Waals surface area (Å²) in [4.78, 5) is 4.43. The van der Waals surface area contributed by atoms with Crippen LogP contribution in [0, 0.1) is 12.3 Å². The largest absolute Gasteiger partial charge is 0.478 e. The average Bonchev–Trinajstić information content (AvgIpc) is 2.28. The summed E-state index contributed by atoms with van der Waals surface area (Å²) in [6.45, 7) is 4.31. The minimum absolute atomic E-state index is 0.212. The van der Waals surface area contributed by atoms with E-state index in [-0.39, 0.29) is 5.90 Å². The van der Waals surface area contributed by atoms with E-state index in [9.17, 15) is 0 Å². The van der Waals surface area contributed by atoms with Crippen LogP contribution in [0.2, 0.25) is 0 Å². The molecule has 1 aromatic heterocycles. The van der Waals surface area contributed by atoms with Gasteiger partial charge in [0, 0.05) is 16.6 Å². The maximum absolute atomic E-state index is 7.86. The molecule has 3 heteroatoms. The number of benzene rings is 1. The van der Waals surface area contributed by atoms with Gasteiger partial charge in [-0.15, -0.1) is 0 Å². The fraction of sp³-hybridized carbons (Fsp3) is 0.231. The number of pyridine rings is 1. The average molecular weight is 214 g/mol. The monoisotopic (exact) mass is 214 g/mol. The first-order chi connectivity index (χ1) is 7.72. The van der Waals surface area contributed by atoms with E-state index in [0.717, 1.165) is 22.2 Å². The fourth-order valence-corrected chi connectivity index (χ4v) is 1.72. The van der Waals surface area contributed by atoms with Gasteiger partial charge in [-0.05, 0) is 26.0 Å². The van der Waals surface area contributed by atoms with Crippen molar-refractivity contribution < 1.29 is 4.74 Å². The Labute approximate surface area is 94.6 Å². The van der Waals surface area contributed by atoms with Gasteiger partial charge in [-0.1, -0.05) is 18.2 Å². The molecule has 0 aliphatic rings. The van der Waals surface area contributed by atoms with Crippen LogP contribution < -0.4 is 0 Å². The Bertz CT molecular complexity index is 534. The molecular weight excluding hydrogens is 200 g/mol. The summed E-state index contributed by atoms with van der Waals surface area (Å²) in [6, 6.07) is 9.70. The zero-order valence-electron chi connectivity index (χ0n) is 9.45. The highest BCUT2D eigenvalue weighted by atomic mass is 16.5. The van der Waals surface area contributed by atoms with Gasteiger partial charge in [0.15, 0.2) is 0 Å². The van der Waals surface area contributed by atoms with Crippen molar-refractivity contribution >= 4 is 16.8 Å². The third-order valence-corrected chi connectivity index (χ3v) is 2.38. The first-order valence-corrected chi connectivity index (χ1v) is 5.30. The number of rotatable bonds is 2. The number of hydrogen-bond donors (Lipinski definition) is 1. The molecule has 0 spiro atoms. The maximum Gasteiger partial charge on any atom is 0.213 e. The third-order valence-electron chi connectivity index (χ3n) is 2.38. The van der Waals surface area contributed by atoms with Gasteiger partial charge < -0.3 is 4.74 Å². The predicted octanol–water partition coefficient (Wildman–Crippen LogP) is 2.91. The molecule has 3 nitrogen and oxygen atoms in total. The van der Waals surface area contributed by atoms with Crippen LogP contribution >= 0.6 is 0 Å². The molecule has 16 heavy (non-hydrogen) atoms. The Balaban J connectivity index is 2.63. The summed E-state index contributed by atoms with van der Waals surface area (Å²) in [5, 5.41) is 8.82. The number of fused-ring (bicyclic) bond motifs is 1. The van der Waals surface area contributed by atoms with Gasteiger partial charge in [0.25, 0.3) is 0 Å². The van der Waals surface area contributed by atoms with E-state index in [2.05, 4.69) is 4.98 Å². The van der Waals surface area contributed by atoms with Crippen LogP contribution in [-0.4, -0.2) is 17.5 Å². The Morgan fingerprint density at radius 3 is 2.88 bits per heavy atom. The normalized spacial score (nSPS) is 10.4. The van der Waals surface area contributed by atoms with Crippen molar-refractivity contribution in [1.82, 2.24) is 4.98 Å². The van der Waals surface area contributed by atoms with Crippen LogP contribution in [-0.2, 0) is 4.74 Å². The smallest absolute Gasteiger partial charge is 0.213 e. The van der Waals surface area contributed by atoms with E-state index >= 15 is 0 Å². The maximum atomic E-state index is 7.86. The van der Waals surface area contributed by atoms with Crippen LogP contribution in [0.15, 0.2) is 30.3 Å². The topological polar surface area (TPSA) is 46.0 Å². The van der Waals surface area contributed by atoms with Crippen LogP contribution in [0.25, 0.3) is 10.9 Å². The van der Waals surface area contributed by atoms with E-state index in [1.54, 1.807) is 0 Å². The molecule has 0 radical (unpaired) electrons. The van der Waals surface area contributed by atoms with Crippen molar-refractivity contribution in [2.75, 3.05) is 6.61 Å². The number of nitrogens with zero attached hydrogens (tertiary/aromatic N) is 1. The number of para-hydroxylation sites is 1. The third kappa shape index (κ3) is 1.89. The highest BCUT2D eigenvalue weighted by molar-refractivity contribution is 6.04. The van der Waals surface area contributed by atoms with Gasteiger partial charge in [-0.2, -0.15) is 0 Å². The van der Waals surface area contributed by atoms with Gasteiger partial charge >= 0.3 is 0 Å². The minimum Gasteiger partial charge on any atom is -0.478 e. The standard InChI is InChI=1S/C13H14N2O/c1-3-16-13(14)11-8-9(2)15-12-7-5-4-6-10(11)12/h4-8,14H,3H2,1-2H3. The van der Waals surface area contributed by atoms with Crippen molar-refractivity contribution in [3.05, 3.63) is 41.6 Å². The Hall–Kier alpha value is -1.90. The molecule has 0 fully saturated rings. The summed E-state index contributed by atoms with van der Waals surface area (Å²) in [5.41, 5.74) is 2.62. The Morgan fingerprint density at radius 2 is 2.12 bits per heavy atom. The second-order valence-electron chi connectivity index (χ2n) is 3.59. The number of ether oxygens (including phenoxy) is 1. The lowest BCUT2D eigenvalue weighted by Crippen LogP contribution is -2.06. The van der Waals surface area contributed by atoms with Crippen LogP contribution in [0.3, 0.4) is 0 Å². The summed E-state index contributed by atoms with van der Waals surface area (Å²) in [5.74, 6) is 0.212. The molecule has 0 unspecified atom stereocenters. The molecule has 0 saturated heterocycles. The number of aryl methyl sites for hydroxylation is 1. The van der Waals surface area contributed by atoms with Gasteiger partial charge in [0.1, 0.15) is 0 Å². The molecule has 0 atom stereocenters. The van der Waals surface area contributed by atoms with E-state index in [1.165, 1.54) is 0 Å². The molecule has 0 aliphatic heterocycles. The minimum atomic E-state index is 0.212. The zero-order chi connectivity index (χ0) is 11.5. The molecule has 2 aromatic rings. The van der Waals surface area contributed by atoms with E-state index in [0.29, 0.717) is 6.61 Å². The lowest BCUT2D eigenvalue weighted by Gasteiger charge is -2.09. The molecular formula is C13H14N2O. The highest BCUT2D eigenvalue weighted by Crippen LogP contribution is 2.18. The van der Waals surface area contributed by atoms with Gasteiger partial charge in [0.05, 0.1) is 12.1 Å². The van der Waals surface area contributed by atoms with E-state index in [1.807, 2.05) is 44.2 Å². The lowest BCUT2D eigenvalue weighted by molar-refractivity contribution is 0.326. The molecule has 1 N–H and O–H groups in total. The molecule has 2 rings (SSSR count). The number of hydrogen-bond acceptors (Lipinski definition) is 3. The summed E-state index contributed by atoms with van der Waals surface area (Å²) in [7, 11) is 0. The highest BCUT2D eigenvalue weighted by Gasteiger charge is 2.08. The molecule has 0 amide bonds. The summed E-state index contributed by atoms with van der Waals surface area (Å²) in [6.07, 6.45) is 0. The second kappa shape index (κ2) is 4.31. The van der Waals surface area contributed by atoms with Gasteiger partial charge in [-0.3, -0.25) is 10.4 Å². The molecule has 1 heterocycles. The first kappa shape index (κ1) is 10.6. The zero-order valence-corrected chi connectivity index (χ0v) is 9.45. The Kier molecular flexibility index (Phi) is 2.86. The van der Waals surface area contributed by atoms with Crippen LogP contribution in [0.4, 0.5) is 0 Å². The van der Waals surface area contributed by atoms with Crippen molar-refractivity contribution in [2.24, 2.45) is 0 Å². The van der Waals surface area contributed by atoms with Crippen LogP contribution in [0.1, 0.15) is 18.2 Å². The van der Waals surface area contributed by atoms with Crippen molar-refractivity contribution in [1.29, 1.82) is 5.41 Å². The first-order valence-electron chi connectivity index (χ1n) is 5.30. The van der Waals surface area contributed by atoms with Gasteiger partial charge in [0.2, 0.25) is 5.90 Å². The molecule has 0 saturated carbocycles. The number of aromatic nitrogens is 1. The molecule has 0 bridgehead atoms. The van der Waals surface area contributed by atoms with Crippen LogP contribution in [0.5, 0.6) is 0 Å². The predicted molar refractivity (Wildman–Crippen MR) is 64.9 cm³/mol. The second-order valence-corrected chi connectivity index (χ2v) is 3.59. The molecule has 0 aliphatic carbocycles. The Morgan fingerprint density at radius 1 is 1.38 bits per heavy atom. The molecule has 82 valence electrons.